The molecular formula is C57H111NO5. The van der Waals surface area contributed by atoms with Gasteiger partial charge in [0.1, 0.15) is 0 Å². The van der Waals surface area contributed by atoms with Crippen LogP contribution >= 0.6 is 0 Å². The maximum Gasteiger partial charge on any atom is 0.305 e. The van der Waals surface area contributed by atoms with E-state index in [0.717, 1.165) is 57.8 Å². The molecule has 0 heterocycles. The van der Waals surface area contributed by atoms with Gasteiger partial charge in [-0.15, -0.1) is 0 Å². The van der Waals surface area contributed by atoms with Crippen molar-refractivity contribution in [2.45, 2.75) is 328 Å². The largest absolute Gasteiger partial charge is 0.466 e. The summed E-state index contributed by atoms with van der Waals surface area (Å²) in [5.74, 6) is -0.0980. The Bertz CT molecular complexity index is 939. The monoisotopic (exact) mass is 890 g/mol. The number of aliphatic hydroxyl groups is 2. The van der Waals surface area contributed by atoms with Crippen molar-refractivity contribution in [1.29, 1.82) is 0 Å². The van der Waals surface area contributed by atoms with Crippen molar-refractivity contribution < 1.29 is 24.5 Å². The van der Waals surface area contributed by atoms with Crippen molar-refractivity contribution in [3.8, 4) is 0 Å². The highest BCUT2D eigenvalue weighted by Gasteiger charge is 2.18. The SMILES string of the molecule is CCCCCCCCCCCCCCCCCCCCCCCC/C=C/C(O)C(CO)NC(=O)CCCCCCCCCCCCCOC(=O)CCCCCCCCCCCCC. The van der Waals surface area contributed by atoms with E-state index in [1.807, 2.05) is 6.08 Å². The van der Waals surface area contributed by atoms with Crippen LogP contribution in [0.1, 0.15) is 316 Å². The fourth-order valence-electron chi connectivity index (χ4n) is 8.93. The Morgan fingerprint density at radius 3 is 1.08 bits per heavy atom. The zero-order valence-electron chi connectivity index (χ0n) is 42.6. The first-order valence-electron chi connectivity index (χ1n) is 28.5. The molecular weight excluding hydrogens is 779 g/mol. The number of allylic oxidation sites excluding steroid dienone is 1. The lowest BCUT2D eigenvalue weighted by Gasteiger charge is -2.20. The Kier molecular flexibility index (Phi) is 52.0. The van der Waals surface area contributed by atoms with Crippen LogP contribution in [0.5, 0.6) is 0 Å². The van der Waals surface area contributed by atoms with Gasteiger partial charge in [-0.05, 0) is 32.1 Å². The normalized spacial score (nSPS) is 12.6. The molecule has 0 rings (SSSR count). The molecule has 0 aliphatic rings. The molecule has 6 nitrogen and oxygen atoms in total. The Morgan fingerprint density at radius 2 is 0.730 bits per heavy atom. The lowest BCUT2D eigenvalue weighted by molar-refractivity contribution is -0.143. The van der Waals surface area contributed by atoms with Crippen LogP contribution in [0.4, 0.5) is 0 Å². The van der Waals surface area contributed by atoms with Crippen LogP contribution in [0.25, 0.3) is 0 Å². The van der Waals surface area contributed by atoms with Gasteiger partial charge in [0, 0.05) is 12.8 Å². The molecule has 6 heteroatoms. The van der Waals surface area contributed by atoms with Gasteiger partial charge < -0.3 is 20.3 Å². The van der Waals surface area contributed by atoms with Gasteiger partial charge in [-0.25, -0.2) is 0 Å². The Balaban J connectivity index is 3.49. The van der Waals surface area contributed by atoms with Crippen LogP contribution in [0.2, 0.25) is 0 Å². The second-order valence-electron chi connectivity index (χ2n) is 19.6. The third kappa shape index (κ3) is 49.9. The van der Waals surface area contributed by atoms with Gasteiger partial charge in [-0.2, -0.15) is 0 Å². The third-order valence-corrected chi connectivity index (χ3v) is 13.3. The van der Waals surface area contributed by atoms with Crippen LogP contribution in [0.15, 0.2) is 12.2 Å². The van der Waals surface area contributed by atoms with Crippen molar-refractivity contribution in [3.05, 3.63) is 12.2 Å². The van der Waals surface area contributed by atoms with Gasteiger partial charge in [0.2, 0.25) is 5.91 Å². The molecule has 0 aliphatic heterocycles. The van der Waals surface area contributed by atoms with E-state index >= 15 is 0 Å². The number of aliphatic hydroxyl groups excluding tert-OH is 2. The topological polar surface area (TPSA) is 95.9 Å². The second kappa shape index (κ2) is 53.2. The third-order valence-electron chi connectivity index (χ3n) is 13.3. The average Bonchev–Trinajstić information content (AvgIpc) is 3.28. The maximum absolute atomic E-state index is 12.5. The molecule has 0 bridgehead atoms. The van der Waals surface area contributed by atoms with E-state index < -0.39 is 12.1 Å². The quantitative estimate of drug-likeness (QED) is 0.0321. The molecule has 0 spiro atoms. The molecule has 0 aromatic carbocycles. The molecule has 2 atom stereocenters. The minimum absolute atomic E-state index is 0.0148. The molecule has 0 aromatic heterocycles. The van der Waals surface area contributed by atoms with Crippen molar-refractivity contribution in [2.75, 3.05) is 13.2 Å². The molecule has 0 aliphatic carbocycles. The zero-order chi connectivity index (χ0) is 45.8. The second-order valence-corrected chi connectivity index (χ2v) is 19.6. The molecule has 0 radical (unpaired) electrons. The van der Waals surface area contributed by atoms with Crippen molar-refractivity contribution in [1.82, 2.24) is 5.32 Å². The highest BCUT2D eigenvalue weighted by atomic mass is 16.5. The smallest absolute Gasteiger partial charge is 0.305 e. The average molecular weight is 891 g/mol. The predicted octanol–water partition coefficient (Wildman–Crippen LogP) is 17.3. The van der Waals surface area contributed by atoms with Gasteiger partial charge in [-0.1, -0.05) is 283 Å². The highest BCUT2D eigenvalue weighted by Crippen LogP contribution is 2.17. The van der Waals surface area contributed by atoms with Gasteiger partial charge in [0.15, 0.2) is 0 Å². The summed E-state index contributed by atoms with van der Waals surface area (Å²) in [4.78, 5) is 24.5. The van der Waals surface area contributed by atoms with Gasteiger partial charge >= 0.3 is 5.97 Å². The van der Waals surface area contributed by atoms with E-state index in [-0.39, 0.29) is 18.5 Å². The van der Waals surface area contributed by atoms with Crippen molar-refractivity contribution in [2.24, 2.45) is 0 Å². The van der Waals surface area contributed by atoms with E-state index in [1.165, 1.54) is 231 Å². The fraction of sp³-hybridized carbons (Fsp3) is 0.930. The first-order chi connectivity index (χ1) is 31.0. The lowest BCUT2D eigenvalue weighted by Crippen LogP contribution is -2.45. The fourth-order valence-corrected chi connectivity index (χ4v) is 8.93. The Hall–Kier alpha value is -1.40. The standard InChI is InChI=1S/C57H111NO5/c1-3-5-7-9-11-13-15-16-17-18-19-20-21-22-23-24-25-26-27-30-33-37-41-45-49-55(60)54(53-59)58-56(61)50-46-42-38-34-31-28-32-36-40-44-48-52-63-57(62)51-47-43-39-35-29-14-12-10-8-6-4-2/h45,49,54-55,59-60H,3-44,46-48,50-53H2,1-2H3,(H,58,61)/b49-45+. The zero-order valence-corrected chi connectivity index (χ0v) is 42.6. The Morgan fingerprint density at radius 1 is 0.429 bits per heavy atom. The Labute approximate surface area is 393 Å². The molecule has 2 unspecified atom stereocenters. The number of ether oxygens (including phenoxy) is 1. The number of unbranched alkanes of at least 4 members (excludes halogenated alkanes) is 42. The predicted molar refractivity (Wildman–Crippen MR) is 273 cm³/mol. The molecule has 374 valence electrons. The van der Waals surface area contributed by atoms with Gasteiger partial charge in [0.05, 0.1) is 25.4 Å². The van der Waals surface area contributed by atoms with E-state index in [9.17, 15) is 19.8 Å². The number of nitrogens with one attached hydrogen (secondary N) is 1. The van der Waals surface area contributed by atoms with Crippen LogP contribution in [0, 0.1) is 0 Å². The first-order valence-corrected chi connectivity index (χ1v) is 28.5. The van der Waals surface area contributed by atoms with Crippen LogP contribution < -0.4 is 5.32 Å². The number of carbonyl (C=O) groups is 2. The number of hydrogen-bond donors (Lipinski definition) is 3. The minimum atomic E-state index is -0.856. The molecule has 0 fully saturated rings. The molecule has 1 amide bonds. The number of amides is 1. The van der Waals surface area contributed by atoms with E-state index in [2.05, 4.69) is 19.2 Å². The summed E-state index contributed by atoms with van der Waals surface area (Å²) in [6.07, 6.45) is 62.3. The van der Waals surface area contributed by atoms with Crippen LogP contribution in [0.3, 0.4) is 0 Å². The van der Waals surface area contributed by atoms with Crippen LogP contribution in [-0.4, -0.2) is 47.4 Å². The molecule has 0 aromatic rings. The summed E-state index contributed by atoms with van der Waals surface area (Å²) in [7, 11) is 0. The van der Waals surface area contributed by atoms with Crippen molar-refractivity contribution in [3.63, 3.8) is 0 Å². The minimum Gasteiger partial charge on any atom is -0.466 e. The maximum atomic E-state index is 12.5. The number of esters is 1. The lowest BCUT2D eigenvalue weighted by atomic mass is 10.0. The molecule has 0 saturated heterocycles. The van der Waals surface area contributed by atoms with Crippen LogP contribution in [-0.2, 0) is 14.3 Å². The number of hydrogen-bond acceptors (Lipinski definition) is 5. The van der Waals surface area contributed by atoms with E-state index in [0.29, 0.717) is 19.4 Å². The summed E-state index contributed by atoms with van der Waals surface area (Å²) in [5, 5.41) is 23.2. The summed E-state index contributed by atoms with van der Waals surface area (Å²) in [6.45, 7) is 4.88. The summed E-state index contributed by atoms with van der Waals surface area (Å²) in [6, 6.07) is -0.641. The summed E-state index contributed by atoms with van der Waals surface area (Å²) in [5.41, 5.74) is 0. The van der Waals surface area contributed by atoms with Crippen molar-refractivity contribution >= 4 is 11.9 Å². The highest BCUT2D eigenvalue weighted by molar-refractivity contribution is 5.76. The van der Waals surface area contributed by atoms with Gasteiger partial charge in [-0.3, -0.25) is 9.59 Å². The molecule has 0 saturated carbocycles. The summed E-state index contributed by atoms with van der Waals surface area (Å²) < 4.78 is 5.45. The molecule has 3 N–H and O–H groups in total. The summed E-state index contributed by atoms with van der Waals surface area (Å²) >= 11 is 0. The number of carbonyl (C=O) groups excluding carboxylic acids is 2. The van der Waals surface area contributed by atoms with E-state index in [4.69, 9.17) is 4.74 Å². The molecule has 63 heavy (non-hydrogen) atoms. The first kappa shape index (κ1) is 61.6. The van der Waals surface area contributed by atoms with E-state index in [1.54, 1.807) is 6.08 Å². The van der Waals surface area contributed by atoms with Gasteiger partial charge in [0.25, 0.3) is 0 Å². The number of rotatable bonds is 53.